The van der Waals surface area contributed by atoms with Crippen LogP contribution in [0.25, 0.3) is 0 Å². The second kappa shape index (κ2) is 5.87. The van der Waals surface area contributed by atoms with Crippen LogP contribution in [0.4, 0.5) is 0 Å². The van der Waals surface area contributed by atoms with Gasteiger partial charge < -0.3 is 9.88 Å². The summed E-state index contributed by atoms with van der Waals surface area (Å²) >= 11 is 0. The van der Waals surface area contributed by atoms with Crippen LogP contribution in [0.1, 0.15) is 30.5 Å². The Hall–Kier alpha value is -1.54. The Labute approximate surface area is 110 Å². The van der Waals surface area contributed by atoms with E-state index in [1.54, 1.807) is 0 Å². The highest BCUT2D eigenvalue weighted by Gasteiger charge is 1.99. The monoisotopic (exact) mass is 242 g/mol. The van der Waals surface area contributed by atoms with E-state index in [-0.39, 0.29) is 0 Å². The largest absolute Gasteiger partial charge is 0.350 e. The maximum Gasteiger partial charge on any atom is 0.0470 e. The molecule has 18 heavy (non-hydrogen) atoms. The van der Waals surface area contributed by atoms with Gasteiger partial charge in [0.25, 0.3) is 0 Å². The third-order valence-corrected chi connectivity index (χ3v) is 3.01. The lowest BCUT2D eigenvalue weighted by Gasteiger charge is -2.06. The summed E-state index contributed by atoms with van der Waals surface area (Å²) in [5, 5.41) is 3.43. The van der Waals surface area contributed by atoms with E-state index >= 15 is 0 Å². The van der Waals surface area contributed by atoms with Gasteiger partial charge in [-0.25, -0.2) is 0 Å². The molecule has 0 saturated heterocycles. The number of nitrogens with zero attached hydrogens (tertiary/aromatic N) is 1. The van der Waals surface area contributed by atoms with Crippen molar-refractivity contribution in [3.63, 3.8) is 0 Å². The standard InChI is InChI=1S/C16H22N2/c1-13(2)17-10-16-8-9-18(12-16)11-15-6-4-14(3)5-7-15/h4-9,12-13,17H,10-11H2,1-3H3. The summed E-state index contributed by atoms with van der Waals surface area (Å²) in [7, 11) is 0. The van der Waals surface area contributed by atoms with Crippen molar-refractivity contribution in [3.05, 3.63) is 59.4 Å². The topological polar surface area (TPSA) is 17.0 Å². The van der Waals surface area contributed by atoms with Gasteiger partial charge in [-0.15, -0.1) is 0 Å². The van der Waals surface area contributed by atoms with E-state index in [4.69, 9.17) is 0 Å². The molecule has 0 aliphatic rings. The van der Waals surface area contributed by atoms with Gasteiger partial charge >= 0.3 is 0 Å². The molecule has 1 N–H and O–H groups in total. The molecule has 2 rings (SSSR count). The minimum atomic E-state index is 0.533. The van der Waals surface area contributed by atoms with Crippen LogP contribution in [0, 0.1) is 6.92 Å². The molecule has 2 heteroatoms. The van der Waals surface area contributed by atoms with E-state index in [9.17, 15) is 0 Å². The molecule has 0 bridgehead atoms. The van der Waals surface area contributed by atoms with Crippen LogP contribution in [0.3, 0.4) is 0 Å². The number of aromatic nitrogens is 1. The van der Waals surface area contributed by atoms with E-state index in [2.05, 4.69) is 73.4 Å². The summed E-state index contributed by atoms with van der Waals surface area (Å²) in [6.45, 7) is 8.35. The lowest BCUT2D eigenvalue weighted by atomic mass is 10.1. The third-order valence-electron chi connectivity index (χ3n) is 3.01. The van der Waals surface area contributed by atoms with Crippen LogP contribution >= 0.6 is 0 Å². The lowest BCUT2D eigenvalue weighted by Crippen LogP contribution is -2.21. The first kappa shape index (κ1) is 12.9. The zero-order valence-corrected chi connectivity index (χ0v) is 11.5. The first-order valence-corrected chi connectivity index (χ1v) is 6.57. The van der Waals surface area contributed by atoms with Crippen LogP contribution in [0.5, 0.6) is 0 Å². The normalized spacial score (nSPS) is 11.1. The third kappa shape index (κ3) is 3.74. The average molecular weight is 242 g/mol. The Morgan fingerprint density at radius 2 is 1.78 bits per heavy atom. The maximum absolute atomic E-state index is 3.43. The van der Waals surface area contributed by atoms with Crippen molar-refractivity contribution in [2.24, 2.45) is 0 Å². The molecule has 0 aliphatic carbocycles. The predicted octanol–water partition coefficient (Wildman–Crippen LogP) is 3.34. The Kier molecular flexibility index (Phi) is 4.21. The average Bonchev–Trinajstić information content (AvgIpc) is 2.77. The van der Waals surface area contributed by atoms with Gasteiger partial charge in [0.15, 0.2) is 0 Å². The van der Waals surface area contributed by atoms with Crippen LogP contribution in [0.2, 0.25) is 0 Å². The van der Waals surface area contributed by atoms with E-state index in [1.807, 2.05) is 0 Å². The molecule has 0 amide bonds. The lowest BCUT2D eigenvalue weighted by molar-refractivity contribution is 0.588. The van der Waals surface area contributed by atoms with Gasteiger partial charge in [-0.05, 0) is 24.1 Å². The molecule has 0 aliphatic heterocycles. The number of aryl methyl sites for hydroxylation is 1. The molecule has 96 valence electrons. The summed E-state index contributed by atoms with van der Waals surface area (Å²) in [6, 6.07) is 11.4. The van der Waals surface area contributed by atoms with Crippen LogP contribution in [-0.2, 0) is 13.1 Å². The zero-order chi connectivity index (χ0) is 13.0. The molecular formula is C16H22N2. The van der Waals surface area contributed by atoms with Crippen molar-refractivity contribution < 1.29 is 0 Å². The summed E-state index contributed by atoms with van der Waals surface area (Å²) in [4.78, 5) is 0. The number of hydrogen-bond donors (Lipinski definition) is 1. The Bertz CT molecular complexity index is 480. The van der Waals surface area contributed by atoms with Gasteiger partial charge in [0.05, 0.1) is 0 Å². The zero-order valence-electron chi connectivity index (χ0n) is 11.5. The quantitative estimate of drug-likeness (QED) is 0.851. The van der Waals surface area contributed by atoms with Crippen LogP contribution in [0.15, 0.2) is 42.7 Å². The molecule has 2 nitrogen and oxygen atoms in total. The van der Waals surface area contributed by atoms with E-state index < -0.39 is 0 Å². The van der Waals surface area contributed by atoms with E-state index in [1.165, 1.54) is 16.7 Å². The van der Waals surface area contributed by atoms with Crippen LogP contribution < -0.4 is 5.32 Å². The fourth-order valence-corrected chi connectivity index (χ4v) is 1.92. The predicted molar refractivity (Wildman–Crippen MR) is 76.7 cm³/mol. The van der Waals surface area contributed by atoms with Gasteiger partial charge in [0, 0.05) is 31.5 Å². The van der Waals surface area contributed by atoms with Crippen molar-refractivity contribution in [2.75, 3.05) is 0 Å². The number of nitrogens with one attached hydrogen (secondary N) is 1. The van der Waals surface area contributed by atoms with Gasteiger partial charge in [-0.3, -0.25) is 0 Å². The summed E-state index contributed by atoms with van der Waals surface area (Å²) in [5.41, 5.74) is 4.00. The molecule has 1 aromatic carbocycles. The molecule has 1 heterocycles. The molecule has 0 spiro atoms. The highest BCUT2D eigenvalue weighted by atomic mass is 14.9. The smallest absolute Gasteiger partial charge is 0.0470 e. The first-order valence-electron chi connectivity index (χ1n) is 6.57. The Morgan fingerprint density at radius 3 is 2.44 bits per heavy atom. The van der Waals surface area contributed by atoms with Crippen molar-refractivity contribution in [1.29, 1.82) is 0 Å². The maximum atomic E-state index is 3.43. The highest BCUT2D eigenvalue weighted by Crippen LogP contribution is 2.08. The van der Waals surface area contributed by atoms with Crippen molar-refractivity contribution in [2.45, 2.75) is 39.9 Å². The van der Waals surface area contributed by atoms with Gasteiger partial charge in [-0.1, -0.05) is 43.7 Å². The van der Waals surface area contributed by atoms with Gasteiger partial charge in [0.1, 0.15) is 0 Å². The highest BCUT2D eigenvalue weighted by molar-refractivity contribution is 5.22. The molecular weight excluding hydrogens is 220 g/mol. The molecule has 0 radical (unpaired) electrons. The summed E-state index contributed by atoms with van der Waals surface area (Å²) < 4.78 is 2.24. The molecule has 0 fully saturated rings. The first-order chi connectivity index (χ1) is 8.63. The molecule has 2 aromatic rings. The molecule has 0 saturated carbocycles. The van der Waals surface area contributed by atoms with E-state index in [0.717, 1.165) is 13.1 Å². The number of hydrogen-bond acceptors (Lipinski definition) is 1. The van der Waals surface area contributed by atoms with Crippen molar-refractivity contribution in [1.82, 2.24) is 9.88 Å². The minimum absolute atomic E-state index is 0.533. The van der Waals surface area contributed by atoms with E-state index in [0.29, 0.717) is 6.04 Å². The second-order valence-electron chi connectivity index (χ2n) is 5.21. The van der Waals surface area contributed by atoms with Crippen molar-refractivity contribution >= 4 is 0 Å². The fraction of sp³-hybridized carbons (Fsp3) is 0.375. The minimum Gasteiger partial charge on any atom is -0.350 e. The summed E-state index contributed by atoms with van der Waals surface area (Å²) in [6.07, 6.45) is 4.37. The van der Waals surface area contributed by atoms with Gasteiger partial charge in [-0.2, -0.15) is 0 Å². The fourth-order valence-electron chi connectivity index (χ4n) is 1.92. The second-order valence-corrected chi connectivity index (χ2v) is 5.21. The number of rotatable bonds is 5. The van der Waals surface area contributed by atoms with Gasteiger partial charge in [0.2, 0.25) is 0 Å². The Balaban J connectivity index is 1.95. The molecule has 1 aromatic heterocycles. The Morgan fingerprint density at radius 1 is 1.06 bits per heavy atom. The summed E-state index contributed by atoms with van der Waals surface area (Å²) in [5.74, 6) is 0. The molecule has 0 unspecified atom stereocenters. The number of benzene rings is 1. The SMILES string of the molecule is Cc1ccc(Cn2ccc(CNC(C)C)c2)cc1. The van der Waals surface area contributed by atoms with Crippen molar-refractivity contribution in [3.8, 4) is 0 Å². The van der Waals surface area contributed by atoms with Crippen LogP contribution in [-0.4, -0.2) is 10.6 Å². The molecule has 0 atom stereocenters.